The fourth-order valence-corrected chi connectivity index (χ4v) is 2.81. The molecule has 2 rings (SSSR count). The Balaban J connectivity index is 1.90. The van der Waals surface area contributed by atoms with Crippen molar-refractivity contribution in [3.8, 4) is 11.5 Å². The molecule has 0 aliphatic carbocycles. The number of nitrogens with zero attached hydrogens (tertiary/aromatic N) is 3. The predicted octanol–water partition coefficient (Wildman–Crippen LogP) is 1.01. The second-order valence-corrected chi connectivity index (χ2v) is 6.40. The van der Waals surface area contributed by atoms with Crippen LogP contribution in [0.4, 0.5) is 10.5 Å². The van der Waals surface area contributed by atoms with Gasteiger partial charge in [0.2, 0.25) is 5.91 Å². The van der Waals surface area contributed by atoms with Crippen LogP contribution >= 0.6 is 0 Å². The Morgan fingerprint density at radius 2 is 1.92 bits per heavy atom. The van der Waals surface area contributed by atoms with Crippen molar-refractivity contribution in [1.82, 2.24) is 15.1 Å². The van der Waals surface area contributed by atoms with Crippen molar-refractivity contribution in [3.63, 3.8) is 0 Å². The molecule has 8 nitrogen and oxygen atoms in total. The first-order valence-corrected chi connectivity index (χ1v) is 8.66. The molecule has 8 heteroatoms. The molecule has 144 valence electrons. The molecule has 0 saturated carbocycles. The van der Waals surface area contributed by atoms with E-state index in [1.54, 1.807) is 36.2 Å². The first-order valence-electron chi connectivity index (χ1n) is 8.66. The third-order valence-corrected chi connectivity index (χ3v) is 4.21. The molecule has 26 heavy (non-hydrogen) atoms. The highest BCUT2D eigenvalue weighted by atomic mass is 16.5. The van der Waals surface area contributed by atoms with E-state index in [2.05, 4.69) is 10.2 Å². The smallest absolute Gasteiger partial charge is 0.325 e. The summed E-state index contributed by atoms with van der Waals surface area (Å²) in [6.07, 6.45) is 0.879. The van der Waals surface area contributed by atoms with Crippen molar-refractivity contribution in [2.45, 2.75) is 6.42 Å². The van der Waals surface area contributed by atoms with Crippen LogP contribution in [-0.4, -0.2) is 82.8 Å². The molecule has 0 unspecified atom stereocenters. The standard InChI is InChI=1S/C18H28N4O4/c1-20(2)9-5-8-19-17(23)13-21-10-11-22(18(21)24)14-6-7-15(25-3)16(12-14)26-4/h6-7,12H,5,8-11,13H2,1-4H3,(H,19,23). The van der Waals surface area contributed by atoms with Crippen molar-refractivity contribution in [1.29, 1.82) is 0 Å². The summed E-state index contributed by atoms with van der Waals surface area (Å²) >= 11 is 0. The van der Waals surface area contributed by atoms with E-state index in [4.69, 9.17) is 9.47 Å². The van der Waals surface area contributed by atoms with Crippen LogP contribution in [0.3, 0.4) is 0 Å². The van der Waals surface area contributed by atoms with Crippen LogP contribution in [0.15, 0.2) is 18.2 Å². The number of amides is 3. The van der Waals surface area contributed by atoms with E-state index in [1.165, 1.54) is 0 Å². The molecule has 1 saturated heterocycles. The minimum atomic E-state index is -0.180. The molecule has 0 bridgehead atoms. The second-order valence-electron chi connectivity index (χ2n) is 6.40. The summed E-state index contributed by atoms with van der Waals surface area (Å²) in [7, 11) is 7.11. The van der Waals surface area contributed by atoms with Gasteiger partial charge in [0.15, 0.2) is 11.5 Å². The Labute approximate surface area is 154 Å². The number of ether oxygens (including phenoxy) is 2. The van der Waals surface area contributed by atoms with Gasteiger partial charge in [-0.3, -0.25) is 9.69 Å². The topological polar surface area (TPSA) is 74.4 Å². The summed E-state index contributed by atoms with van der Waals surface area (Å²) in [5.41, 5.74) is 0.724. The molecule has 3 amide bonds. The molecule has 1 fully saturated rings. The van der Waals surface area contributed by atoms with Gasteiger partial charge in [-0.1, -0.05) is 0 Å². The Hall–Kier alpha value is -2.48. The predicted molar refractivity (Wildman–Crippen MR) is 100 cm³/mol. The van der Waals surface area contributed by atoms with Gasteiger partial charge in [0.1, 0.15) is 6.54 Å². The molecule has 1 aliphatic rings. The number of hydrogen-bond acceptors (Lipinski definition) is 5. The van der Waals surface area contributed by atoms with Crippen molar-refractivity contribution < 1.29 is 19.1 Å². The number of rotatable bonds is 9. The molecule has 0 atom stereocenters. The maximum atomic E-state index is 12.6. The largest absolute Gasteiger partial charge is 0.493 e. The average Bonchev–Trinajstić information content (AvgIpc) is 2.98. The van der Waals surface area contributed by atoms with Crippen molar-refractivity contribution in [3.05, 3.63) is 18.2 Å². The van der Waals surface area contributed by atoms with E-state index >= 15 is 0 Å². The Kier molecular flexibility index (Phi) is 7.08. The van der Waals surface area contributed by atoms with Crippen molar-refractivity contribution >= 4 is 17.6 Å². The number of carbonyl (C=O) groups excluding carboxylic acids is 2. The van der Waals surface area contributed by atoms with Gasteiger partial charge in [0.25, 0.3) is 0 Å². The van der Waals surface area contributed by atoms with E-state index < -0.39 is 0 Å². The zero-order valence-corrected chi connectivity index (χ0v) is 15.9. The molecule has 0 radical (unpaired) electrons. The first kappa shape index (κ1) is 19.8. The molecule has 0 spiro atoms. The number of urea groups is 1. The number of methoxy groups -OCH3 is 2. The molecule has 0 aromatic heterocycles. The first-order chi connectivity index (χ1) is 12.5. The normalized spacial score (nSPS) is 14.1. The third kappa shape index (κ3) is 5.01. The highest BCUT2D eigenvalue weighted by Gasteiger charge is 2.31. The molecular weight excluding hydrogens is 336 g/mol. The number of nitrogens with one attached hydrogen (secondary N) is 1. The Bertz CT molecular complexity index is 636. The summed E-state index contributed by atoms with van der Waals surface area (Å²) < 4.78 is 10.5. The van der Waals surface area contributed by atoms with E-state index in [0.29, 0.717) is 31.1 Å². The summed E-state index contributed by atoms with van der Waals surface area (Å²) in [4.78, 5) is 29.9. The molecular formula is C18H28N4O4. The fraction of sp³-hybridized carbons (Fsp3) is 0.556. The molecule has 1 heterocycles. The lowest BCUT2D eigenvalue weighted by atomic mass is 10.2. The molecule has 1 N–H and O–H groups in total. The number of carbonyl (C=O) groups is 2. The minimum absolute atomic E-state index is 0.0740. The minimum Gasteiger partial charge on any atom is -0.493 e. The van der Waals surface area contributed by atoms with Crippen molar-refractivity contribution in [2.75, 3.05) is 65.9 Å². The monoisotopic (exact) mass is 364 g/mol. The van der Waals surface area contributed by atoms with Gasteiger partial charge in [-0.2, -0.15) is 0 Å². The highest BCUT2D eigenvalue weighted by Crippen LogP contribution is 2.32. The van der Waals surface area contributed by atoms with Gasteiger partial charge < -0.3 is 24.6 Å². The summed E-state index contributed by atoms with van der Waals surface area (Å²) in [6.45, 7) is 2.64. The van der Waals surface area contributed by atoms with Crippen LogP contribution in [0.5, 0.6) is 11.5 Å². The molecule has 1 aromatic carbocycles. The van der Waals surface area contributed by atoms with E-state index in [-0.39, 0.29) is 18.5 Å². The zero-order valence-electron chi connectivity index (χ0n) is 15.9. The van der Waals surface area contributed by atoms with E-state index in [0.717, 1.165) is 18.7 Å². The summed E-state index contributed by atoms with van der Waals surface area (Å²) in [5, 5.41) is 2.86. The Morgan fingerprint density at radius 1 is 1.19 bits per heavy atom. The van der Waals surface area contributed by atoms with Gasteiger partial charge in [-0.25, -0.2) is 4.79 Å². The Morgan fingerprint density at radius 3 is 2.58 bits per heavy atom. The lowest BCUT2D eigenvalue weighted by Crippen LogP contribution is -2.40. The SMILES string of the molecule is COc1ccc(N2CCN(CC(=O)NCCCN(C)C)C2=O)cc1OC. The highest BCUT2D eigenvalue weighted by molar-refractivity contribution is 5.96. The van der Waals surface area contributed by atoms with E-state index in [1.807, 2.05) is 20.2 Å². The molecule has 1 aliphatic heterocycles. The van der Waals surface area contributed by atoms with Crippen LogP contribution in [0.1, 0.15) is 6.42 Å². The number of hydrogen-bond donors (Lipinski definition) is 1. The lowest BCUT2D eigenvalue weighted by Gasteiger charge is -2.19. The zero-order chi connectivity index (χ0) is 19.1. The lowest BCUT2D eigenvalue weighted by molar-refractivity contribution is -0.121. The van der Waals surface area contributed by atoms with Gasteiger partial charge in [0.05, 0.1) is 14.2 Å². The number of anilines is 1. The molecule has 1 aromatic rings. The van der Waals surface area contributed by atoms with Crippen LogP contribution in [-0.2, 0) is 4.79 Å². The third-order valence-electron chi connectivity index (χ3n) is 4.21. The van der Waals surface area contributed by atoms with Crippen LogP contribution in [0, 0.1) is 0 Å². The van der Waals surface area contributed by atoms with Crippen LogP contribution < -0.4 is 19.7 Å². The van der Waals surface area contributed by atoms with Gasteiger partial charge in [0, 0.05) is 31.4 Å². The van der Waals surface area contributed by atoms with E-state index in [9.17, 15) is 9.59 Å². The quantitative estimate of drug-likeness (QED) is 0.662. The van der Waals surface area contributed by atoms with Gasteiger partial charge in [-0.05, 0) is 39.2 Å². The van der Waals surface area contributed by atoms with Gasteiger partial charge >= 0.3 is 6.03 Å². The number of benzene rings is 1. The maximum absolute atomic E-state index is 12.6. The van der Waals surface area contributed by atoms with Crippen LogP contribution in [0.25, 0.3) is 0 Å². The second kappa shape index (κ2) is 9.28. The summed E-state index contributed by atoms with van der Waals surface area (Å²) in [5.74, 6) is 1.04. The average molecular weight is 364 g/mol. The fourth-order valence-electron chi connectivity index (χ4n) is 2.81. The van der Waals surface area contributed by atoms with Gasteiger partial charge in [-0.15, -0.1) is 0 Å². The van der Waals surface area contributed by atoms with Crippen molar-refractivity contribution in [2.24, 2.45) is 0 Å². The summed E-state index contributed by atoms with van der Waals surface area (Å²) in [6, 6.07) is 5.16. The maximum Gasteiger partial charge on any atom is 0.325 e. The van der Waals surface area contributed by atoms with Crippen LogP contribution in [0.2, 0.25) is 0 Å².